The predicted molar refractivity (Wildman–Crippen MR) is 101 cm³/mol. The van der Waals surface area contributed by atoms with Crippen LogP contribution in [0.3, 0.4) is 0 Å². The number of nitrogens with zero attached hydrogens (tertiary/aromatic N) is 1. The van der Waals surface area contributed by atoms with Crippen LogP contribution in [0.15, 0.2) is 30.4 Å². The molecule has 0 spiro atoms. The van der Waals surface area contributed by atoms with Crippen molar-refractivity contribution in [1.29, 1.82) is 5.26 Å². The Balaban J connectivity index is 1.48. The SMILES string of the molecule is N#Cc1cccc(C2CCC(C3CCC(C=CCC(F)F)CC3)CC2)c1F. The highest BCUT2D eigenvalue weighted by atomic mass is 19.3. The minimum absolute atomic E-state index is 0.131. The summed E-state index contributed by atoms with van der Waals surface area (Å²) in [4.78, 5) is 0. The molecule has 0 heterocycles. The number of hydrogen-bond donors (Lipinski definition) is 0. The fourth-order valence-corrected chi connectivity index (χ4v) is 5.04. The van der Waals surface area contributed by atoms with Crippen LogP contribution in [0.5, 0.6) is 0 Å². The Bertz CT molecular complexity index is 675. The molecule has 0 saturated heterocycles. The van der Waals surface area contributed by atoms with E-state index in [4.69, 9.17) is 5.26 Å². The topological polar surface area (TPSA) is 23.8 Å². The normalized spacial score (nSPS) is 29.1. The quantitative estimate of drug-likeness (QED) is 0.509. The van der Waals surface area contributed by atoms with E-state index in [-0.39, 0.29) is 23.7 Å². The van der Waals surface area contributed by atoms with Gasteiger partial charge in [0.2, 0.25) is 6.43 Å². The summed E-state index contributed by atoms with van der Waals surface area (Å²) in [7, 11) is 0. The van der Waals surface area contributed by atoms with Gasteiger partial charge in [-0.05, 0) is 86.7 Å². The Hall–Kier alpha value is -1.76. The summed E-state index contributed by atoms with van der Waals surface area (Å²) >= 11 is 0. The first-order valence-electron chi connectivity index (χ1n) is 10.2. The Morgan fingerprint density at radius 1 is 1.00 bits per heavy atom. The largest absolute Gasteiger partial charge is 0.242 e. The Morgan fingerprint density at radius 2 is 1.63 bits per heavy atom. The van der Waals surface area contributed by atoms with Gasteiger partial charge in [-0.2, -0.15) is 5.26 Å². The first-order valence-corrected chi connectivity index (χ1v) is 10.2. The zero-order chi connectivity index (χ0) is 19.2. The lowest BCUT2D eigenvalue weighted by atomic mass is 9.68. The molecule has 2 aliphatic carbocycles. The molecule has 146 valence electrons. The van der Waals surface area contributed by atoms with Crippen molar-refractivity contribution in [2.45, 2.75) is 70.1 Å². The minimum Gasteiger partial charge on any atom is -0.210 e. The second-order valence-electron chi connectivity index (χ2n) is 8.16. The van der Waals surface area contributed by atoms with E-state index in [1.165, 1.54) is 12.8 Å². The van der Waals surface area contributed by atoms with Gasteiger partial charge in [0.25, 0.3) is 0 Å². The highest BCUT2D eigenvalue weighted by molar-refractivity contribution is 5.36. The number of hydrogen-bond acceptors (Lipinski definition) is 1. The van der Waals surface area contributed by atoms with E-state index in [0.29, 0.717) is 17.4 Å². The van der Waals surface area contributed by atoms with Crippen molar-refractivity contribution in [3.8, 4) is 6.07 Å². The lowest BCUT2D eigenvalue weighted by Crippen LogP contribution is -2.25. The van der Waals surface area contributed by atoms with Gasteiger partial charge in [0.1, 0.15) is 11.9 Å². The van der Waals surface area contributed by atoms with Gasteiger partial charge >= 0.3 is 0 Å². The summed E-state index contributed by atoms with van der Waals surface area (Å²) < 4.78 is 38.9. The second-order valence-corrected chi connectivity index (χ2v) is 8.16. The van der Waals surface area contributed by atoms with Crippen molar-refractivity contribution in [3.05, 3.63) is 47.3 Å². The molecule has 0 N–H and O–H groups in total. The first kappa shape index (κ1) is 20.0. The molecular weight excluding hydrogens is 347 g/mol. The van der Waals surface area contributed by atoms with E-state index in [1.54, 1.807) is 18.2 Å². The number of rotatable bonds is 5. The van der Waals surface area contributed by atoms with Crippen LogP contribution in [0.2, 0.25) is 0 Å². The van der Waals surface area contributed by atoms with Gasteiger partial charge in [-0.3, -0.25) is 0 Å². The number of nitriles is 1. The van der Waals surface area contributed by atoms with Crippen LogP contribution in [0.4, 0.5) is 13.2 Å². The van der Waals surface area contributed by atoms with Gasteiger partial charge in [0, 0.05) is 6.42 Å². The Morgan fingerprint density at radius 3 is 2.22 bits per heavy atom. The van der Waals surface area contributed by atoms with Crippen LogP contribution in [0.25, 0.3) is 0 Å². The van der Waals surface area contributed by atoms with E-state index in [1.807, 2.05) is 18.2 Å². The van der Waals surface area contributed by atoms with Gasteiger partial charge in [0.15, 0.2) is 0 Å². The molecule has 0 atom stereocenters. The molecule has 0 bridgehead atoms. The van der Waals surface area contributed by atoms with E-state index >= 15 is 0 Å². The Labute approximate surface area is 160 Å². The summed E-state index contributed by atoms with van der Waals surface area (Å²) in [6, 6.07) is 7.09. The van der Waals surface area contributed by atoms with E-state index in [9.17, 15) is 13.2 Å². The zero-order valence-corrected chi connectivity index (χ0v) is 15.7. The van der Waals surface area contributed by atoms with Crippen LogP contribution >= 0.6 is 0 Å². The third-order valence-electron chi connectivity index (χ3n) is 6.57. The maximum atomic E-state index is 14.4. The maximum Gasteiger partial charge on any atom is 0.242 e. The molecule has 0 unspecified atom stereocenters. The number of allylic oxidation sites excluding steroid dienone is 2. The second kappa shape index (κ2) is 9.44. The van der Waals surface area contributed by atoms with Gasteiger partial charge in [-0.1, -0.05) is 24.3 Å². The molecule has 0 radical (unpaired) electrons. The van der Waals surface area contributed by atoms with Gasteiger partial charge in [-0.15, -0.1) is 0 Å². The monoisotopic (exact) mass is 375 g/mol. The average Bonchev–Trinajstić information content (AvgIpc) is 2.69. The molecule has 1 aromatic carbocycles. The van der Waals surface area contributed by atoms with Crippen LogP contribution in [0.1, 0.15) is 74.8 Å². The van der Waals surface area contributed by atoms with Crippen molar-refractivity contribution in [3.63, 3.8) is 0 Å². The van der Waals surface area contributed by atoms with Crippen LogP contribution in [-0.4, -0.2) is 6.43 Å². The van der Waals surface area contributed by atoms with Crippen LogP contribution in [0, 0.1) is 34.9 Å². The fourth-order valence-electron chi connectivity index (χ4n) is 5.04. The van der Waals surface area contributed by atoms with Crippen molar-refractivity contribution >= 4 is 0 Å². The van der Waals surface area contributed by atoms with E-state index < -0.39 is 6.43 Å². The molecule has 2 fully saturated rings. The van der Waals surface area contributed by atoms with E-state index in [2.05, 4.69) is 0 Å². The lowest BCUT2D eigenvalue weighted by Gasteiger charge is -2.37. The minimum atomic E-state index is -2.24. The highest BCUT2D eigenvalue weighted by Gasteiger charge is 2.31. The highest BCUT2D eigenvalue weighted by Crippen LogP contribution is 2.44. The molecule has 0 aromatic heterocycles. The lowest BCUT2D eigenvalue weighted by molar-refractivity contribution is 0.151. The Kier molecular flexibility index (Phi) is 6.99. The number of alkyl halides is 2. The molecule has 1 nitrogen and oxygen atoms in total. The molecule has 0 amide bonds. The summed E-state index contributed by atoms with van der Waals surface area (Å²) in [5, 5.41) is 9.02. The summed E-state index contributed by atoms with van der Waals surface area (Å²) in [6.07, 6.45) is 10.0. The molecule has 27 heavy (non-hydrogen) atoms. The maximum absolute atomic E-state index is 14.4. The zero-order valence-electron chi connectivity index (χ0n) is 15.7. The van der Waals surface area contributed by atoms with Crippen LogP contribution in [-0.2, 0) is 0 Å². The van der Waals surface area contributed by atoms with Crippen molar-refractivity contribution < 1.29 is 13.2 Å². The van der Waals surface area contributed by atoms with Gasteiger partial charge in [0.05, 0.1) is 5.56 Å². The number of halogens is 3. The van der Waals surface area contributed by atoms with Crippen molar-refractivity contribution in [1.82, 2.24) is 0 Å². The predicted octanol–water partition coefficient (Wildman–Crippen LogP) is 6.99. The first-order chi connectivity index (χ1) is 13.1. The smallest absolute Gasteiger partial charge is 0.210 e. The van der Waals surface area contributed by atoms with Crippen LogP contribution < -0.4 is 0 Å². The summed E-state index contributed by atoms with van der Waals surface area (Å²) in [6.45, 7) is 0. The molecule has 3 rings (SSSR count). The van der Waals surface area contributed by atoms with Crippen molar-refractivity contribution in [2.24, 2.45) is 17.8 Å². The molecule has 2 aliphatic rings. The third kappa shape index (κ3) is 5.15. The van der Waals surface area contributed by atoms with Crippen molar-refractivity contribution in [2.75, 3.05) is 0 Å². The standard InChI is InChI=1S/C23H28F3N/c24-22(25)6-1-3-16-7-9-17(10-8-16)18-11-13-19(14-12-18)21-5-2-4-20(15-27)23(21)26/h1-5,16-19,22H,6-14H2. The van der Waals surface area contributed by atoms with E-state index in [0.717, 1.165) is 44.4 Å². The molecule has 2 saturated carbocycles. The number of benzene rings is 1. The third-order valence-corrected chi connectivity index (χ3v) is 6.57. The molecular formula is C23H28F3N. The van der Waals surface area contributed by atoms with Gasteiger partial charge < -0.3 is 0 Å². The molecule has 4 heteroatoms. The molecule has 1 aromatic rings. The fraction of sp³-hybridized carbons (Fsp3) is 0.609. The average molecular weight is 375 g/mol. The molecule has 0 aliphatic heterocycles. The van der Waals surface area contributed by atoms with Gasteiger partial charge in [-0.25, -0.2) is 13.2 Å². The summed E-state index contributed by atoms with van der Waals surface area (Å²) in [5.41, 5.74) is 0.855. The summed E-state index contributed by atoms with van der Waals surface area (Å²) in [5.74, 6) is 1.78.